The third kappa shape index (κ3) is 8.27. The highest BCUT2D eigenvalue weighted by atomic mass is 35.5. The lowest BCUT2D eigenvalue weighted by atomic mass is 10.1. The number of amides is 2. The van der Waals surface area contributed by atoms with Crippen LogP contribution < -0.4 is 9.62 Å². The fraction of sp³-hybridized carbons (Fsp3) is 0.417. The first-order valence-electron chi connectivity index (χ1n) is 11.0. The number of carbonyl (C=O) groups excluding carboxylic acids is 2. The first-order chi connectivity index (χ1) is 16.2. The number of hydrogen-bond donors (Lipinski definition) is 1. The van der Waals surface area contributed by atoms with Gasteiger partial charge in [-0.25, -0.2) is 8.42 Å². The minimum absolute atomic E-state index is 0.0309. The number of halogens is 3. The van der Waals surface area contributed by atoms with Gasteiger partial charge in [-0.05, 0) is 61.2 Å². The summed E-state index contributed by atoms with van der Waals surface area (Å²) in [6.45, 7) is 7.21. The quantitative estimate of drug-likeness (QED) is 0.446. The number of anilines is 1. The Hall–Kier alpha value is -2.00. The van der Waals surface area contributed by atoms with Crippen molar-refractivity contribution < 1.29 is 18.0 Å². The summed E-state index contributed by atoms with van der Waals surface area (Å²) in [4.78, 5) is 27.7. The van der Waals surface area contributed by atoms with Gasteiger partial charge in [-0.2, -0.15) is 0 Å². The Morgan fingerprint density at radius 1 is 1.00 bits per heavy atom. The van der Waals surface area contributed by atoms with E-state index in [2.05, 4.69) is 5.32 Å². The molecule has 35 heavy (non-hydrogen) atoms. The van der Waals surface area contributed by atoms with E-state index in [4.69, 9.17) is 34.8 Å². The van der Waals surface area contributed by atoms with E-state index in [1.807, 2.05) is 13.8 Å². The molecular weight excluding hydrogens is 533 g/mol. The SMILES string of the molecule is Cc1cc(Cl)ccc1N(CC(=O)N(Cc1ccc(Cl)c(Cl)c1)C(C)C(=O)NCC(C)C)S(C)(=O)=O. The van der Waals surface area contributed by atoms with Gasteiger partial charge in [0.05, 0.1) is 22.0 Å². The molecule has 0 aromatic heterocycles. The maximum Gasteiger partial charge on any atom is 0.244 e. The van der Waals surface area contributed by atoms with Gasteiger partial charge in [0, 0.05) is 18.1 Å². The topological polar surface area (TPSA) is 86.8 Å². The summed E-state index contributed by atoms with van der Waals surface area (Å²) < 4.78 is 26.3. The van der Waals surface area contributed by atoms with Gasteiger partial charge in [-0.3, -0.25) is 13.9 Å². The molecule has 0 radical (unpaired) electrons. The van der Waals surface area contributed by atoms with Crippen LogP contribution in [0, 0.1) is 12.8 Å². The van der Waals surface area contributed by atoms with Gasteiger partial charge in [-0.1, -0.05) is 54.7 Å². The van der Waals surface area contributed by atoms with E-state index in [9.17, 15) is 18.0 Å². The van der Waals surface area contributed by atoms with E-state index in [0.29, 0.717) is 38.4 Å². The fourth-order valence-electron chi connectivity index (χ4n) is 3.36. The van der Waals surface area contributed by atoms with Gasteiger partial charge in [0.25, 0.3) is 0 Å². The third-order valence-corrected chi connectivity index (χ3v) is 7.40. The Kier molecular flexibility index (Phi) is 10.3. The molecule has 1 unspecified atom stereocenters. The van der Waals surface area contributed by atoms with E-state index in [1.165, 1.54) is 4.90 Å². The third-order valence-electron chi connectivity index (χ3n) is 5.30. The summed E-state index contributed by atoms with van der Waals surface area (Å²) in [5.41, 5.74) is 1.57. The lowest BCUT2D eigenvalue weighted by molar-refractivity contribution is -0.139. The van der Waals surface area contributed by atoms with Crippen molar-refractivity contribution in [1.29, 1.82) is 0 Å². The van der Waals surface area contributed by atoms with Crippen LogP contribution in [0.5, 0.6) is 0 Å². The van der Waals surface area contributed by atoms with Gasteiger partial charge >= 0.3 is 0 Å². The summed E-state index contributed by atoms with van der Waals surface area (Å²) in [7, 11) is -3.83. The maximum atomic E-state index is 13.5. The van der Waals surface area contributed by atoms with E-state index in [1.54, 1.807) is 50.2 Å². The Labute approximate surface area is 222 Å². The largest absolute Gasteiger partial charge is 0.354 e. The van der Waals surface area contributed by atoms with E-state index in [0.717, 1.165) is 10.6 Å². The molecule has 0 fully saturated rings. The molecule has 2 aromatic rings. The number of hydrogen-bond acceptors (Lipinski definition) is 4. The van der Waals surface area contributed by atoms with E-state index >= 15 is 0 Å². The molecule has 0 aliphatic heterocycles. The predicted octanol–water partition coefficient (Wildman–Crippen LogP) is 4.91. The lowest BCUT2D eigenvalue weighted by Crippen LogP contribution is -2.51. The van der Waals surface area contributed by atoms with Crippen LogP contribution in [0.1, 0.15) is 31.9 Å². The van der Waals surface area contributed by atoms with Crippen LogP contribution >= 0.6 is 34.8 Å². The molecule has 0 aliphatic carbocycles. The molecular formula is C24H30Cl3N3O4S. The molecule has 0 saturated heterocycles. The molecule has 2 rings (SSSR count). The number of nitrogens with one attached hydrogen (secondary N) is 1. The van der Waals surface area contributed by atoms with Crippen LogP contribution in [0.15, 0.2) is 36.4 Å². The molecule has 1 N–H and O–H groups in total. The average molecular weight is 563 g/mol. The fourth-order valence-corrected chi connectivity index (χ4v) is 4.82. The van der Waals surface area contributed by atoms with Gasteiger partial charge in [0.1, 0.15) is 12.6 Å². The summed E-state index contributed by atoms with van der Waals surface area (Å²) in [6.07, 6.45) is 1.02. The van der Waals surface area contributed by atoms with E-state index in [-0.39, 0.29) is 18.4 Å². The zero-order valence-corrected chi connectivity index (χ0v) is 23.4. The smallest absolute Gasteiger partial charge is 0.244 e. The normalized spacial score (nSPS) is 12.4. The van der Waals surface area contributed by atoms with Crippen molar-refractivity contribution in [3.63, 3.8) is 0 Å². The molecule has 2 amide bonds. The van der Waals surface area contributed by atoms with Crippen LogP contribution in [0.25, 0.3) is 0 Å². The minimum Gasteiger partial charge on any atom is -0.354 e. The van der Waals surface area contributed by atoms with Crippen molar-refractivity contribution in [3.8, 4) is 0 Å². The van der Waals surface area contributed by atoms with E-state index < -0.39 is 28.5 Å². The van der Waals surface area contributed by atoms with Crippen molar-refractivity contribution in [1.82, 2.24) is 10.2 Å². The second-order valence-corrected chi connectivity index (χ2v) is 11.9. The number of carbonyl (C=O) groups is 2. The molecule has 0 aliphatic rings. The lowest BCUT2D eigenvalue weighted by Gasteiger charge is -2.32. The molecule has 7 nitrogen and oxygen atoms in total. The van der Waals surface area contributed by atoms with Crippen molar-refractivity contribution in [2.75, 3.05) is 23.7 Å². The monoisotopic (exact) mass is 561 g/mol. The first kappa shape index (κ1) is 29.2. The molecule has 192 valence electrons. The highest BCUT2D eigenvalue weighted by molar-refractivity contribution is 7.92. The Balaban J connectivity index is 2.42. The second-order valence-electron chi connectivity index (χ2n) is 8.79. The number of nitrogens with zero attached hydrogens (tertiary/aromatic N) is 2. The van der Waals surface area contributed by atoms with Gasteiger partial charge in [-0.15, -0.1) is 0 Å². The van der Waals surface area contributed by atoms with Crippen molar-refractivity contribution >= 4 is 62.3 Å². The summed E-state index contributed by atoms with van der Waals surface area (Å²) in [5.74, 6) is -0.678. The molecule has 0 bridgehead atoms. The molecule has 1 atom stereocenters. The zero-order chi connectivity index (χ0) is 26.5. The Morgan fingerprint density at radius 3 is 2.20 bits per heavy atom. The van der Waals surface area contributed by atoms with Crippen LogP contribution in [0.2, 0.25) is 15.1 Å². The molecule has 0 spiro atoms. The Bertz CT molecular complexity index is 1190. The first-order valence-corrected chi connectivity index (χ1v) is 13.9. The minimum atomic E-state index is -3.83. The van der Waals surface area contributed by atoms with Crippen molar-refractivity contribution in [2.24, 2.45) is 5.92 Å². The van der Waals surface area contributed by atoms with Crippen molar-refractivity contribution in [3.05, 3.63) is 62.6 Å². The molecule has 0 saturated carbocycles. The zero-order valence-electron chi connectivity index (χ0n) is 20.3. The number of sulfonamides is 1. The van der Waals surface area contributed by atoms with Crippen LogP contribution in [0.4, 0.5) is 5.69 Å². The van der Waals surface area contributed by atoms with Crippen LogP contribution in [-0.2, 0) is 26.2 Å². The van der Waals surface area contributed by atoms with Gasteiger partial charge in [0.2, 0.25) is 21.8 Å². The molecule has 0 heterocycles. The standard InChI is InChI=1S/C24H30Cl3N3O4S/c1-15(2)12-28-24(32)17(4)29(13-18-6-8-20(26)21(27)11-18)23(31)14-30(35(5,33)34)22-9-7-19(25)10-16(22)3/h6-11,15,17H,12-14H2,1-5H3,(H,28,32). The van der Waals surface area contributed by atoms with Crippen LogP contribution in [0.3, 0.4) is 0 Å². The highest BCUT2D eigenvalue weighted by Crippen LogP contribution is 2.27. The number of aryl methyl sites for hydroxylation is 1. The highest BCUT2D eigenvalue weighted by Gasteiger charge is 2.30. The average Bonchev–Trinajstić information content (AvgIpc) is 2.75. The molecule has 2 aromatic carbocycles. The predicted molar refractivity (Wildman–Crippen MR) is 143 cm³/mol. The van der Waals surface area contributed by atoms with Crippen molar-refractivity contribution in [2.45, 2.75) is 40.3 Å². The summed E-state index contributed by atoms with van der Waals surface area (Å²) in [5, 5.41) is 3.94. The number of rotatable bonds is 10. The van der Waals surface area contributed by atoms with Gasteiger partial charge < -0.3 is 10.2 Å². The van der Waals surface area contributed by atoms with Crippen LogP contribution in [-0.4, -0.2) is 50.5 Å². The summed E-state index contributed by atoms with van der Waals surface area (Å²) >= 11 is 18.2. The maximum absolute atomic E-state index is 13.5. The summed E-state index contributed by atoms with van der Waals surface area (Å²) in [6, 6.07) is 8.77. The molecule has 11 heteroatoms. The number of benzene rings is 2. The second kappa shape index (κ2) is 12.3. The van der Waals surface area contributed by atoms with Gasteiger partial charge in [0.15, 0.2) is 0 Å². The Morgan fingerprint density at radius 2 is 1.66 bits per heavy atom.